The second kappa shape index (κ2) is 10.3. The zero-order valence-corrected chi connectivity index (χ0v) is 19.5. The molecule has 0 fully saturated rings. The van der Waals surface area contributed by atoms with E-state index in [1.54, 1.807) is 28.4 Å². The standard InChI is InChI=1S/C24H31FN2O3S/c1-5-17(4)27(24(29)16(2)3)14-23(28)26-12-10-22-20(11-13-31-22)21(26)15-30-19-8-6-18(25)7-9-19/h6-9,11,13,16-17,21H,5,10,12,14-15H2,1-4H3/t17-,21-/m1/s1. The lowest BCUT2D eigenvalue weighted by atomic mass is 10.00. The van der Waals surface area contributed by atoms with Crippen molar-refractivity contribution in [2.24, 2.45) is 5.92 Å². The normalized spacial score (nSPS) is 16.7. The highest BCUT2D eigenvalue weighted by atomic mass is 32.1. The van der Waals surface area contributed by atoms with Crippen LogP contribution in [0.1, 0.15) is 50.6 Å². The minimum atomic E-state index is -0.318. The Hall–Kier alpha value is -2.41. The summed E-state index contributed by atoms with van der Waals surface area (Å²) < 4.78 is 19.1. The Bertz CT molecular complexity index is 896. The molecule has 0 bridgehead atoms. The zero-order chi connectivity index (χ0) is 22.5. The number of ether oxygens (including phenoxy) is 1. The molecule has 0 unspecified atom stereocenters. The maximum Gasteiger partial charge on any atom is 0.242 e. The van der Waals surface area contributed by atoms with E-state index in [0.29, 0.717) is 12.3 Å². The van der Waals surface area contributed by atoms with Gasteiger partial charge in [0.25, 0.3) is 0 Å². The maximum atomic E-state index is 13.4. The van der Waals surface area contributed by atoms with Crippen molar-refractivity contribution >= 4 is 23.2 Å². The number of hydrogen-bond donors (Lipinski definition) is 0. The number of hydrogen-bond acceptors (Lipinski definition) is 4. The van der Waals surface area contributed by atoms with Gasteiger partial charge in [-0.05, 0) is 61.0 Å². The molecular weight excluding hydrogens is 415 g/mol. The van der Waals surface area contributed by atoms with Crippen LogP contribution in [0.3, 0.4) is 0 Å². The van der Waals surface area contributed by atoms with Gasteiger partial charge in [-0.2, -0.15) is 0 Å². The van der Waals surface area contributed by atoms with Crippen LogP contribution in [0.5, 0.6) is 5.75 Å². The van der Waals surface area contributed by atoms with Crippen molar-refractivity contribution in [2.45, 2.75) is 52.6 Å². The molecule has 5 nitrogen and oxygen atoms in total. The Balaban J connectivity index is 1.79. The molecule has 31 heavy (non-hydrogen) atoms. The molecule has 2 amide bonds. The largest absolute Gasteiger partial charge is 0.491 e. The highest BCUT2D eigenvalue weighted by Gasteiger charge is 2.34. The number of benzene rings is 1. The van der Waals surface area contributed by atoms with Crippen LogP contribution in [0.25, 0.3) is 0 Å². The zero-order valence-electron chi connectivity index (χ0n) is 18.6. The second-order valence-corrected chi connectivity index (χ2v) is 9.30. The van der Waals surface area contributed by atoms with Gasteiger partial charge in [0, 0.05) is 23.4 Å². The van der Waals surface area contributed by atoms with E-state index >= 15 is 0 Å². The van der Waals surface area contributed by atoms with Crippen LogP contribution in [0.15, 0.2) is 35.7 Å². The molecule has 168 valence electrons. The minimum absolute atomic E-state index is 0.00459. The molecule has 0 aliphatic carbocycles. The second-order valence-electron chi connectivity index (χ2n) is 8.30. The predicted molar refractivity (Wildman–Crippen MR) is 121 cm³/mol. The van der Waals surface area contributed by atoms with Crippen molar-refractivity contribution in [1.29, 1.82) is 0 Å². The molecule has 0 spiro atoms. The molecule has 2 heterocycles. The number of carbonyl (C=O) groups is 2. The van der Waals surface area contributed by atoms with Gasteiger partial charge in [0.1, 0.15) is 24.7 Å². The SMILES string of the molecule is CC[C@@H](C)N(CC(=O)N1CCc2sccc2[C@H]1COc1ccc(F)cc1)C(=O)C(C)C. The fourth-order valence-electron chi connectivity index (χ4n) is 3.82. The Morgan fingerprint density at radius 2 is 1.94 bits per heavy atom. The highest BCUT2D eigenvalue weighted by Crippen LogP contribution is 2.34. The van der Waals surface area contributed by atoms with Crippen LogP contribution >= 0.6 is 11.3 Å². The van der Waals surface area contributed by atoms with Gasteiger partial charge in [-0.3, -0.25) is 9.59 Å². The lowest BCUT2D eigenvalue weighted by Crippen LogP contribution is -2.50. The third-order valence-corrected chi connectivity index (χ3v) is 6.84. The molecule has 2 aromatic rings. The van der Waals surface area contributed by atoms with Crippen LogP contribution in [-0.2, 0) is 16.0 Å². The Morgan fingerprint density at radius 3 is 2.58 bits per heavy atom. The summed E-state index contributed by atoms with van der Waals surface area (Å²) in [5.41, 5.74) is 1.09. The molecule has 1 aromatic carbocycles. The fourth-order valence-corrected chi connectivity index (χ4v) is 4.75. The molecule has 3 rings (SSSR count). The van der Waals surface area contributed by atoms with Gasteiger partial charge in [-0.15, -0.1) is 11.3 Å². The van der Waals surface area contributed by atoms with Crippen molar-refractivity contribution in [1.82, 2.24) is 9.80 Å². The summed E-state index contributed by atoms with van der Waals surface area (Å²) in [5.74, 6) is 0.00686. The summed E-state index contributed by atoms with van der Waals surface area (Å²) >= 11 is 1.69. The average molecular weight is 447 g/mol. The summed E-state index contributed by atoms with van der Waals surface area (Å²) in [6.45, 7) is 8.67. The van der Waals surface area contributed by atoms with Crippen LogP contribution in [-0.4, -0.2) is 47.4 Å². The van der Waals surface area contributed by atoms with Crippen molar-refractivity contribution in [3.8, 4) is 5.75 Å². The fraction of sp³-hybridized carbons (Fsp3) is 0.500. The first-order valence-electron chi connectivity index (χ1n) is 10.9. The topological polar surface area (TPSA) is 49.9 Å². The van der Waals surface area contributed by atoms with Crippen LogP contribution in [0.2, 0.25) is 0 Å². The quantitative estimate of drug-likeness (QED) is 0.592. The van der Waals surface area contributed by atoms with Gasteiger partial charge >= 0.3 is 0 Å². The van der Waals surface area contributed by atoms with Crippen molar-refractivity contribution in [3.63, 3.8) is 0 Å². The summed E-state index contributed by atoms with van der Waals surface area (Å²) in [7, 11) is 0. The summed E-state index contributed by atoms with van der Waals surface area (Å²) in [4.78, 5) is 30.9. The van der Waals surface area contributed by atoms with E-state index in [9.17, 15) is 14.0 Å². The van der Waals surface area contributed by atoms with Gasteiger partial charge < -0.3 is 14.5 Å². The third kappa shape index (κ3) is 5.45. The van der Waals surface area contributed by atoms with Crippen LogP contribution in [0.4, 0.5) is 4.39 Å². The number of amides is 2. The molecule has 1 aromatic heterocycles. The Labute approximate surface area is 187 Å². The van der Waals surface area contributed by atoms with E-state index in [0.717, 1.165) is 18.4 Å². The molecule has 0 N–H and O–H groups in total. The molecule has 0 saturated heterocycles. The number of thiophene rings is 1. The molecular formula is C24H31FN2O3S. The number of halogens is 1. The lowest BCUT2D eigenvalue weighted by molar-refractivity contribution is -0.146. The van der Waals surface area contributed by atoms with E-state index < -0.39 is 0 Å². The first-order chi connectivity index (χ1) is 14.8. The predicted octanol–water partition coefficient (Wildman–Crippen LogP) is 4.68. The maximum absolute atomic E-state index is 13.4. The van der Waals surface area contributed by atoms with Gasteiger partial charge in [0.05, 0.1) is 6.04 Å². The smallest absolute Gasteiger partial charge is 0.242 e. The highest BCUT2D eigenvalue weighted by molar-refractivity contribution is 7.10. The summed E-state index contributed by atoms with van der Waals surface area (Å²) in [5, 5.41) is 2.04. The molecule has 7 heteroatoms. The number of carbonyl (C=O) groups excluding carboxylic acids is 2. The average Bonchev–Trinajstić information content (AvgIpc) is 3.24. The molecule has 2 atom stereocenters. The number of nitrogens with zero attached hydrogens (tertiary/aromatic N) is 2. The van der Waals surface area contributed by atoms with Crippen molar-refractivity contribution in [2.75, 3.05) is 19.7 Å². The Kier molecular flexibility index (Phi) is 7.70. The monoisotopic (exact) mass is 446 g/mol. The van der Waals surface area contributed by atoms with Crippen LogP contribution in [0, 0.1) is 11.7 Å². The Morgan fingerprint density at radius 1 is 1.23 bits per heavy atom. The first kappa shape index (κ1) is 23.3. The van der Waals surface area contributed by atoms with Crippen molar-refractivity contribution in [3.05, 3.63) is 52.0 Å². The van der Waals surface area contributed by atoms with E-state index in [1.807, 2.05) is 44.0 Å². The molecule has 1 aliphatic heterocycles. The lowest BCUT2D eigenvalue weighted by Gasteiger charge is -2.38. The first-order valence-corrected chi connectivity index (χ1v) is 11.7. The van der Waals surface area contributed by atoms with E-state index in [4.69, 9.17) is 4.74 Å². The number of rotatable bonds is 8. The van der Waals surface area contributed by atoms with Crippen LogP contribution < -0.4 is 4.74 Å². The minimum Gasteiger partial charge on any atom is -0.491 e. The molecule has 0 saturated carbocycles. The van der Waals surface area contributed by atoms with E-state index in [1.165, 1.54) is 17.0 Å². The number of fused-ring (bicyclic) bond motifs is 1. The van der Waals surface area contributed by atoms with Gasteiger partial charge in [-0.1, -0.05) is 20.8 Å². The van der Waals surface area contributed by atoms with Gasteiger partial charge in [0.2, 0.25) is 11.8 Å². The van der Waals surface area contributed by atoms with Crippen molar-refractivity contribution < 1.29 is 18.7 Å². The third-order valence-electron chi connectivity index (χ3n) is 5.84. The molecule has 0 radical (unpaired) electrons. The summed E-state index contributed by atoms with van der Waals surface area (Å²) in [6.07, 6.45) is 1.59. The van der Waals surface area contributed by atoms with E-state index in [-0.39, 0.29) is 48.8 Å². The van der Waals surface area contributed by atoms with Gasteiger partial charge in [0.15, 0.2) is 0 Å². The summed E-state index contributed by atoms with van der Waals surface area (Å²) in [6, 6.07) is 7.70. The van der Waals surface area contributed by atoms with Gasteiger partial charge in [-0.25, -0.2) is 4.39 Å². The van der Waals surface area contributed by atoms with E-state index in [2.05, 4.69) is 0 Å². The molecule has 1 aliphatic rings.